The van der Waals surface area contributed by atoms with Crippen LogP contribution in [0.3, 0.4) is 0 Å². The molecule has 0 unspecified atom stereocenters. The summed E-state index contributed by atoms with van der Waals surface area (Å²) in [7, 11) is -1.70. The molecule has 0 N–H and O–H groups in total. The Morgan fingerprint density at radius 1 is 1.33 bits per heavy atom. The molecule has 1 aromatic heterocycles. The lowest BCUT2D eigenvalue weighted by Gasteiger charge is -2.29. The van der Waals surface area contributed by atoms with Crippen LogP contribution in [0, 0.1) is 0 Å². The summed E-state index contributed by atoms with van der Waals surface area (Å²) in [6.07, 6.45) is 3.03. The number of thiophene rings is 1. The second-order valence-electron chi connectivity index (χ2n) is 4.43. The number of piperidine rings is 1. The number of halogens is 1. The minimum absolute atomic E-state index is 0.385. The van der Waals surface area contributed by atoms with Gasteiger partial charge in [0.2, 0.25) is 0 Å². The van der Waals surface area contributed by atoms with Gasteiger partial charge in [-0.25, -0.2) is 0 Å². The van der Waals surface area contributed by atoms with Crippen LogP contribution in [0.4, 0.5) is 0 Å². The van der Waals surface area contributed by atoms with Crippen molar-refractivity contribution in [2.75, 3.05) is 20.1 Å². The molecule has 0 radical (unpaired) electrons. The van der Waals surface area contributed by atoms with Crippen molar-refractivity contribution in [1.29, 1.82) is 0 Å². The topological polar surface area (TPSA) is 40.6 Å². The average molecular weight is 309 g/mol. The third kappa shape index (κ3) is 3.24. The Morgan fingerprint density at radius 3 is 2.56 bits per heavy atom. The highest BCUT2D eigenvalue weighted by molar-refractivity contribution is 7.86. The minimum Gasteiger partial charge on any atom is -0.195 e. The van der Waals surface area contributed by atoms with Crippen molar-refractivity contribution in [2.45, 2.75) is 25.8 Å². The van der Waals surface area contributed by atoms with E-state index in [1.807, 2.05) is 6.07 Å². The van der Waals surface area contributed by atoms with Crippen molar-refractivity contribution in [3.63, 3.8) is 0 Å². The molecule has 0 bridgehead atoms. The fourth-order valence-corrected chi connectivity index (χ4v) is 4.67. The Bertz CT molecular complexity index is 495. The maximum Gasteiger partial charge on any atom is 0.282 e. The molecule has 0 spiro atoms. The summed E-state index contributed by atoms with van der Waals surface area (Å²) >= 11 is 7.27. The van der Waals surface area contributed by atoms with Gasteiger partial charge in [0.25, 0.3) is 10.2 Å². The van der Waals surface area contributed by atoms with Gasteiger partial charge in [0, 0.05) is 31.6 Å². The van der Waals surface area contributed by atoms with Gasteiger partial charge >= 0.3 is 0 Å². The van der Waals surface area contributed by atoms with Gasteiger partial charge in [-0.15, -0.1) is 11.3 Å². The summed E-state index contributed by atoms with van der Waals surface area (Å²) in [5.74, 6) is 0. The molecule has 1 fully saturated rings. The smallest absolute Gasteiger partial charge is 0.195 e. The van der Waals surface area contributed by atoms with E-state index in [2.05, 4.69) is 0 Å². The molecule has 1 aliphatic rings. The summed E-state index contributed by atoms with van der Waals surface area (Å²) in [6, 6.07) is 3.66. The van der Waals surface area contributed by atoms with Gasteiger partial charge in [-0.05, 0) is 25.0 Å². The predicted molar refractivity (Wildman–Crippen MR) is 75.1 cm³/mol. The quantitative estimate of drug-likeness (QED) is 0.857. The van der Waals surface area contributed by atoms with E-state index in [0.717, 1.165) is 24.1 Å². The van der Waals surface area contributed by atoms with Crippen molar-refractivity contribution >= 4 is 33.1 Å². The van der Waals surface area contributed by atoms with E-state index in [1.165, 1.54) is 15.6 Å². The Kier molecular flexibility index (Phi) is 4.66. The first kappa shape index (κ1) is 14.3. The summed E-state index contributed by atoms with van der Waals surface area (Å²) in [5.41, 5.74) is 0. The molecule has 0 aliphatic carbocycles. The van der Waals surface area contributed by atoms with Crippen LogP contribution in [0.15, 0.2) is 12.1 Å². The van der Waals surface area contributed by atoms with Crippen LogP contribution < -0.4 is 0 Å². The van der Waals surface area contributed by atoms with Crippen molar-refractivity contribution in [1.82, 2.24) is 8.61 Å². The maximum absolute atomic E-state index is 12.3. The zero-order chi connectivity index (χ0) is 13.2. The lowest BCUT2D eigenvalue weighted by Crippen LogP contribution is -2.43. The fourth-order valence-electron chi connectivity index (χ4n) is 2.03. The highest BCUT2D eigenvalue weighted by atomic mass is 35.5. The van der Waals surface area contributed by atoms with E-state index in [4.69, 9.17) is 11.6 Å². The van der Waals surface area contributed by atoms with E-state index in [0.29, 0.717) is 24.0 Å². The van der Waals surface area contributed by atoms with Crippen LogP contribution in [0.5, 0.6) is 0 Å². The number of nitrogens with zero attached hydrogens (tertiary/aromatic N) is 2. The molecule has 1 saturated heterocycles. The molecule has 0 aromatic carbocycles. The normalized spacial score (nSPS) is 18.4. The van der Waals surface area contributed by atoms with E-state index < -0.39 is 10.2 Å². The first-order valence-electron chi connectivity index (χ1n) is 5.96. The number of hydrogen-bond acceptors (Lipinski definition) is 3. The average Bonchev–Trinajstić information content (AvgIpc) is 2.76. The first-order chi connectivity index (χ1) is 8.50. The molecule has 1 aromatic rings. The minimum atomic E-state index is -3.32. The second-order valence-corrected chi connectivity index (χ2v) is 8.26. The van der Waals surface area contributed by atoms with Gasteiger partial charge in [-0.1, -0.05) is 18.0 Å². The van der Waals surface area contributed by atoms with Crippen molar-refractivity contribution in [2.24, 2.45) is 0 Å². The van der Waals surface area contributed by atoms with Gasteiger partial charge in [-0.2, -0.15) is 17.0 Å². The van der Waals surface area contributed by atoms with Crippen LogP contribution in [-0.4, -0.2) is 37.2 Å². The standard InChI is InChI=1S/C11H17ClN2O2S2/c1-13(9-10-5-6-11(12)17-10)18(15,16)14-7-3-2-4-8-14/h5-6H,2-4,7-9H2,1H3. The van der Waals surface area contributed by atoms with Gasteiger partial charge in [0.05, 0.1) is 4.34 Å². The SMILES string of the molecule is CN(Cc1ccc(Cl)s1)S(=O)(=O)N1CCCCC1. The molecule has 2 heterocycles. The molecule has 7 heteroatoms. The van der Waals surface area contributed by atoms with Crippen molar-refractivity contribution < 1.29 is 8.42 Å². The molecular weight excluding hydrogens is 292 g/mol. The lowest BCUT2D eigenvalue weighted by molar-refractivity contribution is 0.314. The number of hydrogen-bond donors (Lipinski definition) is 0. The van der Waals surface area contributed by atoms with Crippen LogP contribution in [0.25, 0.3) is 0 Å². The molecule has 0 amide bonds. The van der Waals surface area contributed by atoms with E-state index in [1.54, 1.807) is 17.4 Å². The Hall–Kier alpha value is -0.140. The van der Waals surface area contributed by atoms with Crippen LogP contribution in [0.1, 0.15) is 24.1 Å². The van der Waals surface area contributed by atoms with Crippen molar-refractivity contribution in [3.8, 4) is 0 Å². The fraction of sp³-hybridized carbons (Fsp3) is 0.636. The van der Waals surface area contributed by atoms with Gasteiger partial charge < -0.3 is 0 Å². The van der Waals surface area contributed by atoms with E-state index >= 15 is 0 Å². The Morgan fingerprint density at radius 2 is 2.00 bits per heavy atom. The predicted octanol–water partition coefficient (Wildman–Crippen LogP) is 2.56. The van der Waals surface area contributed by atoms with Crippen molar-refractivity contribution in [3.05, 3.63) is 21.3 Å². The molecule has 0 atom stereocenters. The van der Waals surface area contributed by atoms with Crippen LogP contribution in [0.2, 0.25) is 4.34 Å². The van der Waals surface area contributed by atoms with Gasteiger partial charge in [0.1, 0.15) is 0 Å². The maximum atomic E-state index is 12.3. The second kappa shape index (κ2) is 5.88. The Balaban J connectivity index is 2.04. The largest absolute Gasteiger partial charge is 0.282 e. The summed E-state index contributed by atoms with van der Waals surface area (Å²) in [6.45, 7) is 1.66. The highest BCUT2D eigenvalue weighted by Gasteiger charge is 2.28. The summed E-state index contributed by atoms with van der Waals surface area (Å²) < 4.78 is 28.3. The third-order valence-electron chi connectivity index (χ3n) is 3.04. The van der Waals surface area contributed by atoms with Gasteiger partial charge in [-0.3, -0.25) is 0 Å². The molecule has 102 valence electrons. The zero-order valence-electron chi connectivity index (χ0n) is 10.3. The Labute approximate surface area is 117 Å². The molecule has 2 rings (SSSR count). The van der Waals surface area contributed by atoms with Gasteiger partial charge in [0.15, 0.2) is 0 Å². The van der Waals surface area contributed by atoms with Crippen LogP contribution in [-0.2, 0) is 16.8 Å². The molecule has 1 aliphatic heterocycles. The molecule has 0 saturated carbocycles. The molecular formula is C11H17ClN2O2S2. The summed E-state index contributed by atoms with van der Waals surface area (Å²) in [4.78, 5) is 0.961. The number of rotatable bonds is 4. The van der Waals surface area contributed by atoms with Crippen LogP contribution >= 0.6 is 22.9 Å². The lowest BCUT2D eigenvalue weighted by atomic mass is 10.2. The highest BCUT2D eigenvalue weighted by Crippen LogP contribution is 2.24. The molecule has 18 heavy (non-hydrogen) atoms. The van der Waals surface area contributed by atoms with E-state index in [-0.39, 0.29) is 0 Å². The van der Waals surface area contributed by atoms with E-state index in [9.17, 15) is 8.42 Å². The zero-order valence-corrected chi connectivity index (χ0v) is 12.7. The summed E-state index contributed by atoms with van der Waals surface area (Å²) in [5, 5.41) is 0. The molecule has 4 nitrogen and oxygen atoms in total. The monoisotopic (exact) mass is 308 g/mol. The first-order valence-corrected chi connectivity index (χ1v) is 8.55. The third-order valence-corrected chi connectivity index (χ3v) is 6.19.